The maximum atomic E-state index is 12.6. The molecule has 6 atom stereocenters. The summed E-state index contributed by atoms with van der Waals surface area (Å²) in [6.07, 6.45) is -2.19. The standard InChI is InChI=1S/C29H30O12/c30-15-21-24(34)25(35)26(41-23(33)13-10-17-8-11-19(31)12-9-17)27(40-21)39-20-6-2-1-5-18(20)16-38-28(36)29(37)14-4-3-7-22(29)32/h1-2,4-6,8-14,21,24-27,30-31,34-35,37H,3,7,15-16H2/b13-10+/t21-,24-,25+,26-,27-,29?/m1/s1. The Bertz CT molecular complexity index is 1300. The van der Waals surface area contributed by atoms with Crippen LogP contribution >= 0.6 is 0 Å². The summed E-state index contributed by atoms with van der Waals surface area (Å²) in [7, 11) is 0. The molecule has 12 nitrogen and oxygen atoms in total. The van der Waals surface area contributed by atoms with Gasteiger partial charge in [0, 0.05) is 18.1 Å². The topological polar surface area (TPSA) is 189 Å². The first-order valence-electron chi connectivity index (χ1n) is 12.8. The molecule has 4 rings (SSSR count). The molecule has 2 aromatic rings. The van der Waals surface area contributed by atoms with Crippen LogP contribution in [0.5, 0.6) is 11.5 Å². The molecule has 1 aliphatic heterocycles. The average Bonchev–Trinajstić information content (AvgIpc) is 2.97. The number of Topliss-reactive ketones (excluding diaryl/α,β-unsaturated/α-hetero) is 1. The summed E-state index contributed by atoms with van der Waals surface area (Å²) in [5.74, 6) is -2.63. The Labute approximate surface area is 234 Å². The van der Waals surface area contributed by atoms with Crippen LogP contribution in [0.2, 0.25) is 0 Å². The third kappa shape index (κ3) is 6.99. The Kier molecular flexibility index (Phi) is 9.53. The minimum atomic E-state index is -2.39. The Morgan fingerprint density at radius 2 is 1.80 bits per heavy atom. The van der Waals surface area contributed by atoms with E-state index in [0.717, 1.165) is 12.2 Å². The molecule has 0 amide bonds. The first-order chi connectivity index (χ1) is 19.6. The predicted molar refractivity (Wildman–Crippen MR) is 140 cm³/mol. The van der Waals surface area contributed by atoms with Gasteiger partial charge in [-0.15, -0.1) is 0 Å². The second-order valence-corrected chi connectivity index (χ2v) is 9.47. The first kappa shape index (κ1) is 29.9. The van der Waals surface area contributed by atoms with Crippen molar-refractivity contribution in [2.24, 2.45) is 0 Å². The Hall–Kier alpha value is -4.07. The van der Waals surface area contributed by atoms with Crippen LogP contribution in [0.4, 0.5) is 0 Å². The van der Waals surface area contributed by atoms with Crippen molar-refractivity contribution >= 4 is 23.8 Å². The lowest BCUT2D eigenvalue weighted by molar-refractivity contribution is -0.281. The lowest BCUT2D eigenvalue weighted by Crippen LogP contribution is -2.61. The molecule has 1 unspecified atom stereocenters. The van der Waals surface area contributed by atoms with E-state index in [-0.39, 0.29) is 23.5 Å². The van der Waals surface area contributed by atoms with Crippen LogP contribution in [-0.2, 0) is 35.2 Å². The molecule has 1 heterocycles. The van der Waals surface area contributed by atoms with Crippen LogP contribution in [0.1, 0.15) is 24.0 Å². The number of phenols is 1. The third-order valence-electron chi connectivity index (χ3n) is 6.59. The summed E-state index contributed by atoms with van der Waals surface area (Å²) in [4.78, 5) is 37.2. The summed E-state index contributed by atoms with van der Waals surface area (Å²) in [5, 5.41) is 50.6. The summed E-state index contributed by atoms with van der Waals surface area (Å²) in [6, 6.07) is 12.2. The van der Waals surface area contributed by atoms with Crippen molar-refractivity contribution in [3.8, 4) is 11.5 Å². The van der Waals surface area contributed by atoms with Gasteiger partial charge < -0.3 is 44.5 Å². The third-order valence-corrected chi connectivity index (χ3v) is 6.59. The van der Waals surface area contributed by atoms with E-state index in [2.05, 4.69) is 0 Å². The van der Waals surface area contributed by atoms with Gasteiger partial charge in [-0.25, -0.2) is 9.59 Å². The summed E-state index contributed by atoms with van der Waals surface area (Å²) >= 11 is 0. The highest BCUT2D eigenvalue weighted by Gasteiger charge is 2.48. The fourth-order valence-electron chi connectivity index (χ4n) is 4.25. The van der Waals surface area contributed by atoms with Crippen LogP contribution in [0, 0.1) is 0 Å². The van der Waals surface area contributed by atoms with Gasteiger partial charge in [-0.2, -0.15) is 0 Å². The van der Waals surface area contributed by atoms with Crippen LogP contribution < -0.4 is 4.74 Å². The molecule has 0 saturated carbocycles. The van der Waals surface area contributed by atoms with E-state index in [1.807, 2.05) is 0 Å². The number of hydrogen-bond donors (Lipinski definition) is 5. The van der Waals surface area contributed by atoms with E-state index in [0.29, 0.717) is 12.0 Å². The van der Waals surface area contributed by atoms with Crippen molar-refractivity contribution in [3.63, 3.8) is 0 Å². The minimum absolute atomic E-state index is 0.00868. The number of benzene rings is 2. The Balaban J connectivity index is 1.49. The molecule has 1 fully saturated rings. The highest BCUT2D eigenvalue weighted by Crippen LogP contribution is 2.29. The SMILES string of the molecule is O=C(/C=C/c1ccc(O)cc1)O[C@H]1[C@H](Oc2ccccc2COC(=O)C2(O)C=CCCC2=O)O[C@H](CO)[C@@H](O)[C@@H]1O. The molecule has 41 heavy (non-hydrogen) atoms. The fraction of sp³-hybridized carbons (Fsp3) is 0.345. The normalized spacial score (nSPS) is 27.9. The molecule has 1 aliphatic carbocycles. The molecule has 218 valence electrons. The summed E-state index contributed by atoms with van der Waals surface area (Å²) in [5.41, 5.74) is -1.53. The number of carbonyl (C=O) groups is 3. The van der Waals surface area contributed by atoms with Gasteiger partial charge in [0.05, 0.1) is 6.61 Å². The van der Waals surface area contributed by atoms with Gasteiger partial charge in [0.25, 0.3) is 0 Å². The highest BCUT2D eigenvalue weighted by molar-refractivity contribution is 6.09. The van der Waals surface area contributed by atoms with Crippen molar-refractivity contribution in [1.29, 1.82) is 0 Å². The molecule has 0 bridgehead atoms. The molecule has 2 aliphatic rings. The number of ketones is 1. The van der Waals surface area contributed by atoms with Crippen molar-refractivity contribution < 1.29 is 58.9 Å². The summed E-state index contributed by atoms with van der Waals surface area (Å²) in [6.45, 7) is -1.10. The van der Waals surface area contributed by atoms with Crippen LogP contribution in [-0.4, -0.2) is 86.2 Å². The average molecular weight is 571 g/mol. The molecular formula is C29H30O12. The number of phenolic OH excluding ortho intramolecular Hbond substituents is 1. The number of aromatic hydroxyl groups is 1. The number of allylic oxidation sites excluding steroid dienone is 1. The van der Waals surface area contributed by atoms with Crippen molar-refractivity contribution in [2.45, 2.75) is 55.8 Å². The van der Waals surface area contributed by atoms with Gasteiger partial charge in [0.15, 0.2) is 11.9 Å². The van der Waals surface area contributed by atoms with Crippen LogP contribution in [0.25, 0.3) is 6.08 Å². The molecule has 0 spiro atoms. The highest BCUT2D eigenvalue weighted by atomic mass is 16.7. The quantitative estimate of drug-likeness (QED) is 0.122. The Morgan fingerprint density at radius 1 is 1.07 bits per heavy atom. The van der Waals surface area contributed by atoms with E-state index >= 15 is 0 Å². The van der Waals surface area contributed by atoms with Crippen LogP contribution in [0.15, 0.2) is 66.8 Å². The maximum absolute atomic E-state index is 12.6. The molecular weight excluding hydrogens is 540 g/mol. The van der Waals surface area contributed by atoms with Gasteiger partial charge in [-0.1, -0.05) is 36.4 Å². The van der Waals surface area contributed by atoms with Crippen molar-refractivity contribution in [3.05, 3.63) is 77.9 Å². The van der Waals surface area contributed by atoms with Gasteiger partial charge >= 0.3 is 11.9 Å². The number of aliphatic hydroxyl groups excluding tert-OH is 3. The lowest BCUT2D eigenvalue weighted by atomic mass is 9.90. The Morgan fingerprint density at radius 3 is 2.51 bits per heavy atom. The van der Waals surface area contributed by atoms with Crippen LogP contribution in [0.3, 0.4) is 0 Å². The molecule has 5 N–H and O–H groups in total. The molecule has 1 saturated heterocycles. The van der Waals surface area contributed by atoms with E-state index in [4.69, 9.17) is 18.9 Å². The molecule has 0 aromatic heterocycles. The smallest absolute Gasteiger partial charge is 0.350 e. The largest absolute Gasteiger partial charge is 0.508 e. The van der Waals surface area contributed by atoms with E-state index < -0.39 is 67.2 Å². The second kappa shape index (κ2) is 13.1. The molecule has 2 aromatic carbocycles. The van der Waals surface area contributed by atoms with Gasteiger partial charge in [-0.3, -0.25) is 4.79 Å². The lowest BCUT2D eigenvalue weighted by Gasteiger charge is -2.41. The van der Waals surface area contributed by atoms with E-state index in [1.54, 1.807) is 24.3 Å². The zero-order valence-corrected chi connectivity index (χ0v) is 21.7. The number of esters is 2. The number of para-hydroxylation sites is 1. The van der Waals surface area contributed by atoms with Crippen molar-refractivity contribution in [2.75, 3.05) is 6.61 Å². The number of rotatable bonds is 9. The first-order valence-corrected chi connectivity index (χ1v) is 12.8. The summed E-state index contributed by atoms with van der Waals surface area (Å²) < 4.78 is 22.0. The van der Waals surface area contributed by atoms with Crippen molar-refractivity contribution in [1.82, 2.24) is 0 Å². The van der Waals surface area contributed by atoms with Gasteiger partial charge in [-0.05, 0) is 42.3 Å². The van der Waals surface area contributed by atoms with Gasteiger partial charge in [0.2, 0.25) is 11.9 Å². The number of aliphatic hydroxyl groups is 4. The minimum Gasteiger partial charge on any atom is -0.508 e. The van der Waals surface area contributed by atoms with E-state index in [1.165, 1.54) is 36.4 Å². The second-order valence-electron chi connectivity index (χ2n) is 9.47. The number of ether oxygens (including phenoxy) is 4. The number of carbonyl (C=O) groups excluding carboxylic acids is 3. The predicted octanol–water partition coefficient (Wildman–Crippen LogP) is 0.529. The van der Waals surface area contributed by atoms with E-state index in [9.17, 15) is 39.9 Å². The fourth-order valence-corrected chi connectivity index (χ4v) is 4.25. The molecule has 0 radical (unpaired) electrons. The number of hydrogen-bond acceptors (Lipinski definition) is 12. The maximum Gasteiger partial charge on any atom is 0.350 e. The zero-order chi connectivity index (χ0) is 29.6. The zero-order valence-electron chi connectivity index (χ0n) is 21.7. The monoisotopic (exact) mass is 570 g/mol. The van der Waals surface area contributed by atoms with Gasteiger partial charge in [0.1, 0.15) is 36.4 Å². The molecule has 12 heteroatoms.